The molecule has 1 N–H and O–H groups in total. The van der Waals surface area contributed by atoms with Gasteiger partial charge in [-0.15, -0.1) is 11.3 Å². The number of thiophene rings is 1. The first kappa shape index (κ1) is 25.1. The summed E-state index contributed by atoms with van der Waals surface area (Å²) in [5.74, 6) is -0.449. The van der Waals surface area contributed by atoms with Crippen LogP contribution < -0.4 is 5.32 Å². The van der Waals surface area contributed by atoms with Crippen LogP contribution in [0.2, 0.25) is 0 Å². The monoisotopic (exact) mass is 476 g/mol. The molecule has 0 saturated carbocycles. The van der Waals surface area contributed by atoms with Gasteiger partial charge in [-0.05, 0) is 43.7 Å². The van der Waals surface area contributed by atoms with Gasteiger partial charge in [0, 0.05) is 49.0 Å². The van der Waals surface area contributed by atoms with E-state index in [1.807, 2.05) is 26.0 Å². The van der Waals surface area contributed by atoms with Crippen molar-refractivity contribution in [3.05, 3.63) is 57.5 Å². The number of nitrogens with one attached hydrogen (secondary N) is 1. The maximum atomic E-state index is 13.4. The number of ether oxygens (including phenoxy) is 1. The quantitative estimate of drug-likeness (QED) is 0.572. The lowest BCUT2D eigenvalue weighted by Gasteiger charge is -2.31. The Morgan fingerprint density at radius 3 is 2.45 bits per heavy atom. The molecule has 0 radical (unpaired) electrons. The molecule has 1 saturated heterocycles. The third kappa shape index (κ3) is 8.10. The van der Waals surface area contributed by atoms with Gasteiger partial charge < -0.3 is 19.9 Å². The molecule has 33 heavy (non-hydrogen) atoms. The molecule has 1 aromatic heterocycles. The second-order valence-corrected chi connectivity index (χ2v) is 9.47. The minimum Gasteiger partial charge on any atom is -0.379 e. The van der Waals surface area contributed by atoms with Crippen LogP contribution in [-0.2, 0) is 22.6 Å². The van der Waals surface area contributed by atoms with Gasteiger partial charge in [0.05, 0.1) is 19.8 Å². The smallest absolute Gasteiger partial charge is 0.317 e. The Balaban J connectivity index is 1.70. The summed E-state index contributed by atoms with van der Waals surface area (Å²) in [6.07, 6.45) is 0. The fourth-order valence-electron chi connectivity index (χ4n) is 3.67. The molecule has 0 bridgehead atoms. The molecule has 0 unspecified atom stereocenters. The highest BCUT2D eigenvalue weighted by Gasteiger charge is 2.23. The molecule has 180 valence electrons. The van der Waals surface area contributed by atoms with Crippen molar-refractivity contribution in [1.29, 1.82) is 0 Å². The average molecular weight is 477 g/mol. The van der Waals surface area contributed by atoms with Crippen molar-refractivity contribution in [3.8, 4) is 0 Å². The van der Waals surface area contributed by atoms with E-state index in [2.05, 4.69) is 10.2 Å². The van der Waals surface area contributed by atoms with Crippen LogP contribution in [-0.4, -0.2) is 79.1 Å². The molecule has 3 rings (SSSR count). The van der Waals surface area contributed by atoms with Crippen LogP contribution in [0.3, 0.4) is 0 Å². The number of amides is 3. The maximum absolute atomic E-state index is 13.4. The zero-order valence-electron chi connectivity index (χ0n) is 19.4. The van der Waals surface area contributed by atoms with E-state index in [-0.39, 0.29) is 24.3 Å². The topological polar surface area (TPSA) is 65.1 Å². The van der Waals surface area contributed by atoms with E-state index in [1.165, 1.54) is 17.0 Å². The third-order valence-corrected chi connectivity index (χ3v) is 6.50. The fourth-order valence-corrected chi connectivity index (χ4v) is 4.57. The lowest BCUT2D eigenvalue weighted by molar-refractivity contribution is -0.133. The van der Waals surface area contributed by atoms with Gasteiger partial charge >= 0.3 is 6.03 Å². The van der Waals surface area contributed by atoms with E-state index in [0.717, 1.165) is 23.5 Å². The van der Waals surface area contributed by atoms with Crippen molar-refractivity contribution in [2.75, 3.05) is 52.5 Å². The van der Waals surface area contributed by atoms with Gasteiger partial charge in [0.2, 0.25) is 5.91 Å². The summed E-state index contributed by atoms with van der Waals surface area (Å²) in [7, 11) is 0. The Morgan fingerprint density at radius 1 is 1.09 bits per heavy atom. The number of urea groups is 1. The highest BCUT2D eigenvalue weighted by molar-refractivity contribution is 7.11. The molecular weight excluding hydrogens is 443 g/mol. The van der Waals surface area contributed by atoms with Crippen LogP contribution in [0.25, 0.3) is 0 Å². The van der Waals surface area contributed by atoms with E-state index in [9.17, 15) is 14.0 Å². The first-order valence-electron chi connectivity index (χ1n) is 11.3. The number of hydrogen-bond donors (Lipinski definition) is 1. The maximum Gasteiger partial charge on any atom is 0.317 e. The lowest BCUT2D eigenvalue weighted by Crippen LogP contribution is -2.49. The molecule has 2 heterocycles. The molecule has 1 fully saturated rings. The van der Waals surface area contributed by atoms with Gasteiger partial charge in [-0.3, -0.25) is 9.69 Å². The minimum atomic E-state index is -0.309. The molecule has 9 heteroatoms. The van der Waals surface area contributed by atoms with Crippen LogP contribution >= 0.6 is 11.3 Å². The molecule has 0 spiro atoms. The van der Waals surface area contributed by atoms with E-state index in [0.29, 0.717) is 45.9 Å². The van der Waals surface area contributed by atoms with Crippen LogP contribution in [0, 0.1) is 12.7 Å². The molecule has 3 amide bonds. The van der Waals surface area contributed by atoms with Gasteiger partial charge in [-0.1, -0.05) is 12.1 Å². The third-order valence-electron chi connectivity index (χ3n) is 5.51. The van der Waals surface area contributed by atoms with Crippen LogP contribution in [0.4, 0.5) is 9.18 Å². The van der Waals surface area contributed by atoms with Gasteiger partial charge in [-0.2, -0.15) is 0 Å². The van der Waals surface area contributed by atoms with Gasteiger partial charge in [-0.25, -0.2) is 9.18 Å². The first-order valence-corrected chi connectivity index (χ1v) is 12.2. The number of carbonyl (C=O) groups excluding carboxylic acids is 2. The molecule has 0 atom stereocenters. The van der Waals surface area contributed by atoms with Crippen LogP contribution in [0.5, 0.6) is 0 Å². The largest absolute Gasteiger partial charge is 0.379 e. The first-order chi connectivity index (χ1) is 15.9. The van der Waals surface area contributed by atoms with Crippen LogP contribution in [0.1, 0.15) is 22.2 Å². The summed E-state index contributed by atoms with van der Waals surface area (Å²) in [6, 6.07) is 9.99. The number of halogens is 1. The van der Waals surface area contributed by atoms with E-state index in [4.69, 9.17) is 4.74 Å². The van der Waals surface area contributed by atoms with Gasteiger partial charge in [0.25, 0.3) is 0 Å². The fraction of sp³-hybridized carbons (Fsp3) is 0.500. The number of aryl methyl sites for hydroxylation is 1. The Hall–Kier alpha value is -2.49. The Kier molecular flexibility index (Phi) is 9.65. The normalized spacial score (nSPS) is 14.2. The predicted molar refractivity (Wildman–Crippen MR) is 128 cm³/mol. The Morgan fingerprint density at radius 2 is 1.82 bits per heavy atom. The SMILES string of the molecule is CCNC(=O)N(CCN1CCOCC1)CC(=O)N(Cc1ccc(F)cc1)Cc1ccc(C)s1. The lowest BCUT2D eigenvalue weighted by atomic mass is 10.2. The number of rotatable bonds is 10. The highest BCUT2D eigenvalue weighted by Crippen LogP contribution is 2.19. The van der Waals surface area contributed by atoms with Crippen LogP contribution in [0.15, 0.2) is 36.4 Å². The number of nitrogens with zero attached hydrogens (tertiary/aromatic N) is 3. The molecule has 1 aliphatic heterocycles. The highest BCUT2D eigenvalue weighted by atomic mass is 32.1. The van der Waals surface area contributed by atoms with Crippen molar-refractivity contribution in [2.45, 2.75) is 26.9 Å². The number of carbonyl (C=O) groups is 2. The second-order valence-electron chi connectivity index (χ2n) is 8.10. The summed E-state index contributed by atoms with van der Waals surface area (Å²) in [4.78, 5) is 33.9. The summed E-state index contributed by atoms with van der Waals surface area (Å²) >= 11 is 1.64. The summed E-state index contributed by atoms with van der Waals surface area (Å²) in [5, 5.41) is 2.82. The second kappa shape index (κ2) is 12.7. The number of benzene rings is 1. The minimum absolute atomic E-state index is 0.0122. The average Bonchev–Trinajstić information content (AvgIpc) is 3.22. The number of morpholine rings is 1. The van der Waals surface area contributed by atoms with Crippen molar-refractivity contribution >= 4 is 23.3 Å². The van der Waals surface area contributed by atoms with E-state index < -0.39 is 0 Å². The predicted octanol–water partition coefficient (Wildman–Crippen LogP) is 3.09. The van der Waals surface area contributed by atoms with Crippen molar-refractivity contribution in [2.24, 2.45) is 0 Å². The molecular formula is C24H33FN4O3S. The molecule has 7 nitrogen and oxygen atoms in total. The Bertz CT molecular complexity index is 899. The van der Waals surface area contributed by atoms with Crippen molar-refractivity contribution in [1.82, 2.24) is 20.0 Å². The van der Waals surface area contributed by atoms with E-state index >= 15 is 0 Å². The molecule has 0 aliphatic carbocycles. The molecule has 1 aliphatic rings. The summed E-state index contributed by atoms with van der Waals surface area (Å²) < 4.78 is 18.8. The van der Waals surface area contributed by atoms with E-state index in [1.54, 1.807) is 33.3 Å². The standard InChI is InChI=1S/C24H33FN4O3S/c1-3-26-24(31)28(11-10-27-12-14-32-15-13-27)18-23(30)29(17-22-9-4-19(2)33-22)16-20-5-7-21(25)8-6-20/h4-9H,3,10-18H2,1-2H3,(H,26,31). The van der Waals surface area contributed by atoms with Crippen molar-refractivity contribution < 1.29 is 18.7 Å². The molecule has 2 aromatic rings. The zero-order chi connectivity index (χ0) is 23.6. The summed E-state index contributed by atoms with van der Waals surface area (Å²) in [6.45, 7) is 9.34. The molecule has 1 aromatic carbocycles. The van der Waals surface area contributed by atoms with Gasteiger partial charge in [0.15, 0.2) is 0 Å². The Labute approximate surface area is 199 Å². The summed E-state index contributed by atoms with van der Waals surface area (Å²) in [5.41, 5.74) is 0.843. The van der Waals surface area contributed by atoms with Crippen molar-refractivity contribution in [3.63, 3.8) is 0 Å². The zero-order valence-corrected chi connectivity index (χ0v) is 20.2. The van der Waals surface area contributed by atoms with Gasteiger partial charge in [0.1, 0.15) is 12.4 Å². The number of hydrogen-bond acceptors (Lipinski definition) is 5.